The quantitative estimate of drug-likeness (QED) is 0.165. The van der Waals surface area contributed by atoms with Crippen molar-refractivity contribution in [2.24, 2.45) is 11.8 Å². The zero-order valence-corrected chi connectivity index (χ0v) is 26.7. The minimum Gasteiger partial charge on any atom is -0.444 e. The summed E-state index contributed by atoms with van der Waals surface area (Å²) in [6.07, 6.45) is 0.474. The Labute approximate surface area is 270 Å². The van der Waals surface area contributed by atoms with Crippen LogP contribution in [0.15, 0.2) is 30.3 Å². The summed E-state index contributed by atoms with van der Waals surface area (Å²) in [5.74, 6) is -1.90. The first-order chi connectivity index (χ1) is 20.3. The molecule has 0 fully saturated rings. The lowest BCUT2D eigenvalue weighted by atomic mass is 9.91. The number of hydrogen-bond acceptors (Lipinski definition) is 8. The van der Waals surface area contributed by atoms with Crippen molar-refractivity contribution in [1.29, 1.82) is 0 Å². The predicted molar refractivity (Wildman–Crippen MR) is 177 cm³/mol. The van der Waals surface area contributed by atoms with Crippen molar-refractivity contribution in [3.05, 3.63) is 35.9 Å². The number of rotatable bonds is 21. The molecule has 11 nitrogen and oxygen atoms in total. The van der Waals surface area contributed by atoms with Crippen LogP contribution in [-0.4, -0.2) is 81.1 Å². The third-order valence-corrected chi connectivity index (χ3v) is 6.23. The maximum absolute atomic E-state index is 13.5. The van der Waals surface area contributed by atoms with Crippen LogP contribution in [0.1, 0.15) is 87.1 Å². The molecule has 0 aromatic heterocycles. The average Bonchev–Trinajstić information content (AvgIpc) is 2.93. The maximum Gasteiger partial charge on any atom is 0.408 e. The monoisotopic (exact) mass is 637 g/mol. The normalized spacial score (nSPS) is 12.2. The van der Waals surface area contributed by atoms with E-state index >= 15 is 0 Å². The molecule has 3 amide bonds. The minimum atomic E-state index is -0.789. The van der Waals surface area contributed by atoms with E-state index < -0.39 is 29.6 Å². The molecule has 0 radical (unpaired) electrons. The number of ketones is 2. The van der Waals surface area contributed by atoms with Crippen molar-refractivity contribution < 1.29 is 38.2 Å². The second-order valence-electron chi connectivity index (χ2n) is 12.0. The van der Waals surface area contributed by atoms with Gasteiger partial charge in [0, 0.05) is 45.4 Å². The number of Topliss-reactive ketones (excluding diaryl/α,β-unsaturated/α-hetero) is 2. The largest absolute Gasteiger partial charge is 0.444 e. The smallest absolute Gasteiger partial charge is 0.408 e. The number of methoxy groups -OCH3 is 1. The molecule has 2 atom stereocenters. The number of benzene rings is 1. The number of carbonyl (C=O) groups excluding carboxylic acids is 5. The highest BCUT2D eigenvalue weighted by Crippen LogP contribution is 2.16. The number of hydrogen-bond donors (Lipinski definition) is 3. The van der Waals surface area contributed by atoms with Crippen molar-refractivity contribution in [2.75, 3.05) is 40.0 Å². The van der Waals surface area contributed by atoms with Crippen LogP contribution in [0.2, 0.25) is 0 Å². The molecule has 1 aromatic carbocycles. The van der Waals surface area contributed by atoms with E-state index in [2.05, 4.69) is 16.0 Å². The molecule has 1 rings (SSSR count). The Kier molecular flexibility index (Phi) is 23.4. The first-order valence-corrected chi connectivity index (χ1v) is 15.0. The van der Waals surface area contributed by atoms with E-state index in [4.69, 9.17) is 14.2 Å². The van der Waals surface area contributed by atoms with Gasteiger partial charge in [-0.25, -0.2) is 4.79 Å². The third kappa shape index (κ3) is 21.9. The van der Waals surface area contributed by atoms with Crippen LogP contribution >= 0.6 is 0 Å². The molecule has 0 aliphatic carbocycles. The van der Waals surface area contributed by atoms with E-state index in [-0.39, 0.29) is 70.5 Å². The van der Waals surface area contributed by atoms with Crippen LogP contribution in [0.5, 0.6) is 0 Å². The second-order valence-corrected chi connectivity index (χ2v) is 12.0. The van der Waals surface area contributed by atoms with Gasteiger partial charge >= 0.3 is 6.09 Å². The van der Waals surface area contributed by atoms with Crippen LogP contribution in [0.3, 0.4) is 0 Å². The van der Waals surface area contributed by atoms with Crippen LogP contribution in [0, 0.1) is 11.8 Å². The molecule has 0 aliphatic rings. The minimum absolute atomic E-state index is 0. The molecule has 0 aliphatic heterocycles. The maximum atomic E-state index is 13.5. The molecule has 3 N–H and O–H groups in total. The zero-order valence-electron chi connectivity index (χ0n) is 26.7. The van der Waals surface area contributed by atoms with Crippen molar-refractivity contribution in [1.82, 2.24) is 16.0 Å². The highest BCUT2D eigenvalue weighted by molar-refractivity contribution is 5.94. The lowest BCUT2D eigenvalue weighted by Crippen LogP contribution is -2.46. The fourth-order valence-corrected chi connectivity index (χ4v) is 4.17. The predicted octanol–water partition coefficient (Wildman–Crippen LogP) is 4.65. The van der Waals surface area contributed by atoms with Gasteiger partial charge < -0.3 is 30.2 Å². The number of ether oxygens (including phenoxy) is 3. The highest BCUT2D eigenvalue weighted by Gasteiger charge is 2.28. The van der Waals surface area contributed by atoms with Gasteiger partial charge in [0.05, 0.1) is 25.8 Å². The molecule has 0 spiro atoms. The summed E-state index contributed by atoms with van der Waals surface area (Å²) in [7, 11) is 1.60. The molecule has 2 unspecified atom stereocenters. The Bertz CT molecular complexity index is 1010. The van der Waals surface area contributed by atoms with Gasteiger partial charge in [0.1, 0.15) is 5.60 Å². The molecule has 45 heavy (non-hydrogen) atoms. The summed E-state index contributed by atoms with van der Waals surface area (Å²) in [6, 6.07) is 8.50. The fourth-order valence-electron chi connectivity index (χ4n) is 4.17. The van der Waals surface area contributed by atoms with Gasteiger partial charge in [0.2, 0.25) is 11.8 Å². The van der Waals surface area contributed by atoms with Crippen LogP contribution in [0.25, 0.3) is 0 Å². The van der Waals surface area contributed by atoms with Crippen LogP contribution in [-0.2, 0) is 39.8 Å². The van der Waals surface area contributed by atoms with Gasteiger partial charge in [-0.2, -0.15) is 0 Å². The Morgan fingerprint density at radius 2 is 1.56 bits per heavy atom. The van der Waals surface area contributed by atoms with Crippen molar-refractivity contribution in [3.63, 3.8) is 0 Å². The number of carbonyl (C=O) groups is 5. The van der Waals surface area contributed by atoms with Crippen molar-refractivity contribution in [3.8, 4) is 0 Å². The number of alkyl carbamates (subject to hydrolysis) is 1. The second kappa shape index (κ2) is 24.0. The Balaban J connectivity index is 0. The summed E-state index contributed by atoms with van der Waals surface area (Å²) >= 11 is 0. The standard InChI is InChI=1S/C32H51N3O8.2CH4/c1-23(2)19-27(28(37)13-14-29(38)33-15-10-16-42-18-17-41-6)35-30(39)25(20-24-11-8-7-9-12-24)21-26(36)22-34-31(40)43-32(3,4)5;;/h7-9,11-12,23,25,27H,10,13-22H2,1-6H3,(H,33,38)(H,34,40)(H,35,39);2*1H4. The molecule has 258 valence electrons. The van der Waals surface area contributed by atoms with Gasteiger partial charge in [0.25, 0.3) is 0 Å². The Morgan fingerprint density at radius 1 is 0.889 bits per heavy atom. The average molecular weight is 638 g/mol. The van der Waals surface area contributed by atoms with Gasteiger partial charge in [0.15, 0.2) is 11.6 Å². The molecule has 11 heteroatoms. The SMILES string of the molecule is C.C.COCCOCCCNC(=O)CCC(=O)C(CC(C)C)NC(=O)C(CC(=O)CNC(=O)OC(C)(C)C)Cc1ccccc1. The topological polar surface area (TPSA) is 149 Å². The Hall–Kier alpha value is -3.31. The number of amides is 3. The lowest BCUT2D eigenvalue weighted by Gasteiger charge is -2.23. The summed E-state index contributed by atoms with van der Waals surface area (Å²) in [4.78, 5) is 63.7. The summed E-state index contributed by atoms with van der Waals surface area (Å²) in [5.41, 5.74) is 0.156. The molecular formula is C34H59N3O8. The number of nitrogens with one attached hydrogen (secondary N) is 3. The van der Waals surface area contributed by atoms with E-state index in [0.29, 0.717) is 39.2 Å². The molecule has 0 heterocycles. The lowest BCUT2D eigenvalue weighted by molar-refractivity contribution is -0.133. The van der Waals surface area contributed by atoms with Gasteiger partial charge in [-0.3, -0.25) is 19.2 Å². The van der Waals surface area contributed by atoms with E-state index in [1.807, 2.05) is 44.2 Å². The van der Waals surface area contributed by atoms with E-state index in [1.165, 1.54) is 0 Å². The van der Waals surface area contributed by atoms with E-state index in [1.54, 1.807) is 27.9 Å². The summed E-state index contributed by atoms with van der Waals surface area (Å²) < 4.78 is 15.5. The van der Waals surface area contributed by atoms with Crippen molar-refractivity contribution >= 4 is 29.5 Å². The van der Waals surface area contributed by atoms with E-state index in [0.717, 1.165) is 5.56 Å². The third-order valence-electron chi connectivity index (χ3n) is 6.23. The van der Waals surface area contributed by atoms with Gasteiger partial charge in [-0.1, -0.05) is 59.0 Å². The van der Waals surface area contributed by atoms with Gasteiger partial charge in [-0.15, -0.1) is 0 Å². The molecule has 0 saturated heterocycles. The Morgan fingerprint density at radius 3 is 2.16 bits per heavy atom. The first kappa shape index (κ1) is 43.8. The molecule has 0 bridgehead atoms. The molecular weight excluding hydrogens is 578 g/mol. The fraction of sp³-hybridized carbons (Fsp3) is 0.676. The summed E-state index contributed by atoms with van der Waals surface area (Å²) in [5, 5.41) is 8.08. The molecule has 0 saturated carbocycles. The highest BCUT2D eigenvalue weighted by atomic mass is 16.6. The van der Waals surface area contributed by atoms with Crippen LogP contribution in [0.4, 0.5) is 4.79 Å². The zero-order chi connectivity index (χ0) is 32.3. The van der Waals surface area contributed by atoms with Crippen LogP contribution < -0.4 is 16.0 Å². The summed E-state index contributed by atoms with van der Waals surface area (Å²) in [6.45, 7) is 10.7. The van der Waals surface area contributed by atoms with E-state index in [9.17, 15) is 24.0 Å². The molecule has 1 aromatic rings. The first-order valence-electron chi connectivity index (χ1n) is 15.0. The van der Waals surface area contributed by atoms with Crippen molar-refractivity contribution in [2.45, 2.75) is 99.6 Å². The van der Waals surface area contributed by atoms with Gasteiger partial charge in [-0.05, 0) is 51.5 Å².